The Morgan fingerprint density at radius 2 is 2.07 bits per heavy atom. The molecule has 0 heterocycles. The van der Waals surface area contributed by atoms with Crippen LogP contribution in [0.2, 0.25) is 0 Å². The third kappa shape index (κ3) is 2.98. The Bertz CT molecular complexity index is 203. The average molecular weight is 199 g/mol. The summed E-state index contributed by atoms with van der Waals surface area (Å²) in [6.45, 7) is 4.76. The van der Waals surface area contributed by atoms with Crippen LogP contribution in [-0.4, -0.2) is 37.6 Å². The molecule has 0 bridgehead atoms. The molecule has 0 aliphatic heterocycles. The Hall–Kier alpha value is -0.570. The molecule has 3 unspecified atom stereocenters. The molecule has 1 saturated carbocycles. The van der Waals surface area contributed by atoms with Crippen LogP contribution in [0.1, 0.15) is 26.7 Å². The number of hydrogen-bond donors (Lipinski definition) is 0. The maximum atomic E-state index is 10.9. The van der Waals surface area contributed by atoms with Crippen molar-refractivity contribution in [1.29, 1.82) is 0 Å². The first-order valence-electron chi connectivity index (χ1n) is 5.32. The molecule has 14 heavy (non-hydrogen) atoms. The van der Waals surface area contributed by atoms with Crippen molar-refractivity contribution in [2.45, 2.75) is 32.8 Å². The number of ether oxygens (including phenoxy) is 1. The van der Waals surface area contributed by atoms with Gasteiger partial charge in [-0.15, -0.1) is 0 Å². The van der Waals surface area contributed by atoms with Crippen molar-refractivity contribution in [3.8, 4) is 0 Å². The summed E-state index contributed by atoms with van der Waals surface area (Å²) in [7, 11) is 4.13. The highest BCUT2D eigenvalue weighted by Crippen LogP contribution is 2.34. The van der Waals surface area contributed by atoms with E-state index >= 15 is 0 Å². The van der Waals surface area contributed by atoms with Crippen LogP contribution >= 0.6 is 0 Å². The van der Waals surface area contributed by atoms with Gasteiger partial charge in [-0.25, -0.2) is 0 Å². The molecule has 82 valence electrons. The number of hydrogen-bond acceptors (Lipinski definition) is 3. The summed E-state index contributed by atoms with van der Waals surface area (Å²) in [6.07, 6.45) is 2.35. The highest BCUT2D eigenvalue weighted by molar-refractivity contribution is 5.66. The molecule has 1 rings (SSSR count). The van der Waals surface area contributed by atoms with Gasteiger partial charge < -0.3 is 9.64 Å². The highest BCUT2D eigenvalue weighted by atomic mass is 16.5. The van der Waals surface area contributed by atoms with E-state index in [0.717, 1.165) is 13.0 Å². The Morgan fingerprint density at radius 3 is 2.57 bits per heavy atom. The van der Waals surface area contributed by atoms with Gasteiger partial charge in [0.15, 0.2) is 0 Å². The van der Waals surface area contributed by atoms with Gasteiger partial charge in [-0.2, -0.15) is 0 Å². The summed E-state index contributed by atoms with van der Waals surface area (Å²) < 4.78 is 5.33. The SMILES string of the molecule is CC(=O)OC1CCC(C)C1CN(C)C. The summed E-state index contributed by atoms with van der Waals surface area (Å²) in [6, 6.07) is 0. The van der Waals surface area contributed by atoms with Gasteiger partial charge in [0.25, 0.3) is 0 Å². The van der Waals surface area contributed by atoms with E-state index in [2.05, 4.69) is 25.9 Å². The summed E-state index contributed by atoms with van der Waals surface area (Å²) in [5, 5.41) is 0. The van der Waals surface area contributed by atoms with Crippen molar-refractivity contribution < 1.29 is 9.53 Å². The van der Waals surface area contributed by atoms with Crippen molar-refractivity contribution in [2.75, 3.05) is 20.6 Å². The second-order valence-corrected chi connectivity index (χ2v) is 4.63. The molecule has 0 spiro atoms. The normalized spacial score (nSPS) is 32.2. The predicted molar refractivity (Wildman–Crippen MR) is 56.0 cm³/mol. The number of carbonyl (C=O) groups excluding carboxylic acids is 1. The molecule has 1 aliphatic carbocycles. The first-order chi connectivity index (χ1) is 6.50. The van der Waals surface area contributed by atoms with Gasteiger partial charge in [-0.3, -0.25) is 4.79 Å². The van der Waals surface area contributed by atoms with E-state index in [1.54, 1.807) is 0 Å². The Labute approximate surface area is 86.4 Å². The van der Waals surface area contributed by atoms with E-state index in [1.165, 1.54) is 13.3 Å². The van der Waals surface area contributed by atoms with Crippen molar-refractivity contribution >= 4 is 5.97 Å². The summed E-state index contributed by atoms with van der Waals surface area (Å²) in [4.78, 5) is 13.1. The minimum Gasteiger partial charge on any atom is -0.462 e. The van der Waals surface area contributed by atoms with Gasteiger partial charge in [0.1, 0.15) is 6.10 Å². The molecule has 3 nitrogen and oxygen atoms in total. The van der Waals surface area contributed by atoms with Gasteiger partial charge in [0.05, 0.1) is 0 Å². The predicted octanol–water partition coefficient (Wildman–Crippen LogP) is 1.53. The maximum absolute atomic E-state index is 10.9. The largest absolute Gasteiger partial charge is 0.462 e. The molecule has 0 N–H and O–H groups in total. The van der Waals surface area contributed by atoms with Crippen molar-refractivity contribution in [1.82, 2.24) is 4.90 Å². The average Bonchev–Trinajstić information content (AvgIpc) is 2.34. The van der Waals surface area contributed by atoms with Gasteiger partial charge in [0.2, 0.25) is 0 Å². The summed E-state index contributed by atoms with van der Waals surface area (Å²) >= 11 is 0. The molecule has 0 aromatic carbocycles. The van der Waals surface area contributed by atoms with Crippen molar-refractivity contribution in [3.63, 3.8) is 0 Å². The number of carbonyl (C=O) groups is 1. The molecular weight excluding hydrogens is 178 g/mol. The molecule has 1 aliphatic rings. The minimum atomic E-state index is -0.146. The van der Waals surface area contributed by atoms with E-state index in [-0.39, 0.29) is 12.1 Å². The standard InChI is InChI=1S/C11H21NO2/c1-8-5-6-11(14-9(2)13)10(8)7-12(3)4/h8,10-11H,5-7H2,1-4H3. The summed E-state index contributed by atoms with van der Waals surface area (Å²) in [5.41, 5.74) is 0. The maximum Gasteiger partial charge on any atom is 0.302 e. The van der Waals surface area contributed by atoms with Crippen molar-refractivity contribution in [3.05, 3.63) is 0 Å². The lowest BCUT2D eigenvalue weighted by atomic mass is 9.96. The minimum absolute atomic E-state index is 0.143. The number of nitrogens with zero attached hydrogens (tertiary/aromatic N) is 1. The lowest BCUT2D eigenvalue weighted by Gasteiger charge is -2.25. The fourth-order valence-corrected chi connectivity index (χ4v) is 2.30. The van der Waals surface area contributed by atoms with Gasteiger partial charge in [-0.05, 0) is 32.9 Å². The van der Waals surface area contributed by atoms with Crippen LogP contribution in [0.4, 0.5) is 0 Å². The molecule has 3 heteroatoms. The van der Waals surface area contributed by atoms with E-state index in [9.17, 15) is 4.79 Å². The molecule has 0 saturated heterocycles. The topological polar surface area (TPSA) is 29.5 Å². The van der Waals surface area contributed by atoms with Gasteiger partial charge in [0, 0.05) is 19.4 Å². The van der Waals surface area contributed by atoms with Crippen LogP contribution in [0, 0.1) is 11.8 Å². The molecular formula is C11H21NO2. The van der Waals surface area contributed by atoms with Crippen LogP contribution in [-0.2, 0) is 9.53 Å². The van der Waals surface area contributed by atoms with E-state index < -0.39 is 0 Å². The molecule has 0 aromatic heterocycles. The smallest absolute Gasteiger partial charge is 0.302 e. The monoisotopic (exact) mass is 199 g/mol. The zero-order chi connectivity index (χ0) is 10.7. The number of esters is 1. The van der Waals surface area contributed by atoms with E-state index in [0.29, 0.717) is 11.8 Å². The lowest BCUT2D eigenvalue weighted by Crippen LogP contribution is -2.32. The van der Waals surface area contributed by atoms with Gasteiger partial charge >= 0.3 is 5.97 Å². The fourth-order valence-electron chi connectivity index (χ4n) is 2.30. The third-order valence-corrected chi connectivity index (χ3v) is 3.01. The molecule has 0 aromatic rings. The quantitative estimate of drug-likeness (QED) is 0.645. The summed E-state index contributed by atoms with van der Waals surface area (Å²) in [5.74, 6) is 1.03. The van der Waals surface area contributed by atoms with Crippen LogP contribution in [0.25, 0.3) is 0 Å². The zero-order valence-corrected chi connectivity index (χ0v) is 9.62. The Kier molecular flexibility index (Phi) is 3.93. The van der Waals surface area contributed by atoms with Crippen LogP contribution < -0.4 is 0 Å². The van der Waals surface area contributed by atoms with E-state index in [1.807, 2.05) is 0 Å². The van der Waals surface area contributed by atoms with E-state index in [4.69, 9.17) is 4.74 Å². The first kappa shape index (κ1) is 11.5. The van der Waals surface area contributed by atoms with Crippen molar-refractivity contribution in [2.24, 2.45) is 11.8 Å². The van der Waals surface area contributed by atoms with Crippen LogP contribution in [0.3, 0.4) is 0 Å². The second-order valence-electron chi connectivity index (χ2n) is 4.63. The van der Waals surface area contributed by atoms with Crippen LogP contribution in [0.5, 0.6) is 0 Å². The van der Waals surface area contributed by atoms with Gasteiger partial charge in [-0.1, -0.05) is 6.92 Å². The first-order valence-corrected chi connectivity index (χ1v) is 5.32. The molecule has 3 atom stereocenters. The number of rotatable bonds is 3. The lowest BCUT2D eigenvalue weighted by molar-refractivity contribution is -0.148. The van der Waals surface area contributed by atoms with Crippen LogP contribution in [0.15, 0.2) is 0 Å². The Morgan fingerprint density at radius 1 is 1.43 bits per heavy atom. The third-order valence-electron chi connectivity index (χ3n) is 3.01. The second kappa shape index (κ2) is 4.78. The molecule has 1 fully saturated rings. The highest BCUT2D eigenvalue weighted by Gasteiger charge is 2.35. The molecule has 0 amide bonds. The fraction of sp³-hybridized carbons (Fsp3) is 0.909. The molecule has 0 radical (unpaired) electrons. The Balaban J connectivity index is 2.52. The zero-order valence-electron chi connectivity index (χ0n) is 9.62.